The summed E-state index contributed by atoms with van der Waals surface area (Å²) < 4.78 is 7.97. The standard InChI is InChI=1S/C24H24N4O/c1-3-24(2)14-20(17-10-6-4-7-11-17)26-22-19(15-25-28(22)24)23-27-21(16-29-23)18-12-8-5-9-13-18/h4-13,15-16,20,26H,3,14H2,1-2H3. The van der Waals surface area contributed by atoms with Gasteiger partial charge in [0.25, 0.3) is 0 Å². The maximum Gasteiger partial charge on any atom is 0.231 e. The van der Waals surface area contributed by atoms with Crippen molar-refractivity contribution in [2.45, 2.75) is 38.3 Å². The van der Waals surface area contributed by atoms with E-state index in [4.69, 9.17) is 14.5 Å². The predicted molar refractivity (Wildman–Crippen MR) is 115 cm³/mol. The van der Waals surface area contributed by atoms with E-state index in [1.54, 1.807) is 6.26 Å². The number of aromatic nitrogens is 3. The molecule has 0 amide bonds. The van der Waals surface area contributed by atoms with Gasteiger partial charge in [-0.05, 0) is 25.3 Å². The summed E-state index contributed by atoms with van der Waals surface area (Å²) in [5.41, 5.74) is 3.97. The summed E-state index contributed by atoms with van der Waals surface area (Å²) in [6.07, 6.45) is 5.55. The molecule has 0 saturated carbocycles. The first-order valence-electron chi connectivity index (χ1n) is 10.1. The van der Waals surface area contributed by atoms with Crippen molar-refractivity contribution in [3.8, 4) is 22.7 Å². The fourth-order valence-electron chi connectivity index (χ4n) is 4.12. The monoisotopic (exact) mass is 384 g/mol. The van der Waals surface area contributed by atoms with Crippen molar-refractivity contribution in [3.05, 3.63) is 78.7 Å². The summed E-state index contributed by atoms with van der Waals surface area (Å²) in [4.78, 5) is 4.74. The largest absolute Gasteiger partial charge is 0.444 e. The zero-order valence-corrected chi connectivity index (χ0v) is 16.7. The third-order valence-corrected chi connectivity index (χ3v) is 6.00. The van der Waals surface area contributed by atoms with Crippen LogP contribution in [0, 0.1) is 0 Å². The Labute approximate surface area is 170 Å². The minimum atomic E-state index is -0.0752. The van der Waals surface area contributed by atoms with Gasteiger partial charge in [-0.2, -0.15) is 5.10 Å². The van der Waals surface area contributed by atoms with E-state index in [1.807, 2.05) is 36.5 Å². The van der Waals surface area contributed by atoms with Crippen molar-refractivity contribution >= 4 is 5.82 Å². The molecule has 0 radical (unpaired) electrons. The normalized spacial score (nSPS) is 20.8. The van der Waals surface area contributed by atoms with Crippen molar-refractivity contribution in [1.82, 2.24) is 14.8 Å². The number of anilines is 1. The molecule has 4 aromatic rings. The lowest BCUT2D eigenvalue weighted by Crippen LogP contribution is -2.39. The van der Waals surface area contributed by atoms with Crippen LogP contribution in [0.15, 0.2) is 77.5 Å². The van der Waals surface area contributed by atoms with Crippen LogP contribution in [0.25, 0.3) is 22.7 Å². The third-order valence-electron chi connectivity index (χ3n) is 6.00. The minimum Gasteiger partial charge on any atom is -0.444 e. The fourth-order valence-corrected chi connectivity index (χ4v) is 4.12. The van der Waals surface area contributed by atoms with Crippen LogP contribution in [0.2, 0.25) is 0 Å². The second kappa shape index (κ2) is 6.92. The van der Waals surface area contributed by atoms with Gasteiger partial charge in [-0.1, -0.05) is 67.6 Å². The van der Waals surface area contributed by atoms with Gasteiger partial charge in [-0.15, -0.1) is 0 Å². The van der Waals surface area contributed by atoms with Crippen LogP contribution in [0.3, 0.4) is 0 Å². The molecule has 0 saturated heterocycles. The number of rotatable bonds is 4. The van der Waals surface area contributed by atoms with E-state index in [-0.39, 0.29) is 11.6 Å². The topological polar surface area (TPSA) is 55.9 Å². The smallest absolute Gasteiger partial charge is 0.231 e. The van der Waals surface area contributed by atoms with Gasteiger partial charge in [0.15, 0.2) is 0 Å². The first kappa shape index (κ1) is 17.7. The highest BCUT2D eigenvalue weighted by Gasteiger charge is 2.38. The SMILES string of the molecule is CCC1(C)CC(c2ccccc2)Nc2c(-c3nc(-c4ccccc4)co3)cnn21. The third kappa shape index (κ3) is 3.03. The Morgan fingerprint density at radius 2 is 1.83 bits per heavy atom. The second-order valence-corrected chi connectivity index (χ2v) is 7.88. The zero-order chi connectivity index (χ0) is 19.8. The number of fused-ring (bicyclic) bond motifs is 1. The van der Waals surface area contributed by atoms with Crippen LogP contribution in [-0.2, 0) is 5.54 Å². The molecule has 5 rings (SSSR count). The molecule has 146 valence electrons. The number of benzene rings is 2. The Bertz CT molecular complexity index is 1120. The summed E-state index contributed by atoms with van der Waals surface area (Å²) in [7, 11) is 0. The Balaban J connectivity index is 1.56. The highest BCUT2D eigenvalue weighted by Crippen LogP contribution is 2.44. The summed E-state index contributed by atoms with van der Waals surface area (Å²) >= 11 is 0. The number of hydrogen-bond donors (Lipinski definition) is 1. The van der Waals surface area contributed by atoms with Crippen molar-refractivity contribution in [2.24, 2.45) is 0 Å². The van der Waals surface area contributed by atoms with Crippen LogP contribution < -0.4 is 5.32 Å². The van der Waals surface area contributed by atoms with Crippen molar-refractivity contribution in [2.75, 3.05) is 5.32 Å². The Morgan fingerprint density at radius 3 is 2.55 bits per heavy atom. The second-order valence-electron chi connectivity index (χ2n) is 7.88. The molecule has 1 aliphatic heterocycles. The summed E-state index contributed by atoms with van der Waals surface area (Å²) in [6, 6.07) is 20.9. The number of oxazole rings is 1. The maximum atomic E-state index is 5.87. The average Bonchev–Trinajstić information content (AvgIpc) is 3.42. The van der Waals surface area contributed by atoms with Crippen molar-refractivity contribution < 1.29 is 4.42 Å². The highest BCUT2D eigenvalue weighted by atomic mass is 16.3. The van der Waals surface area contributed by atoms with E-state index in [0.717, 1.165) is 35.5 Å². The van der Waals surface area contributed by atoms with Gasteiger partial charge in [0.2, 0.25) is 5.89 Å². The van der Waals surface area contributed by atoms with Gasteiger partial charge in [-0.25, -0.2) is 9.67 Å². The van der Waals surface area contributed by atoms with Crippen molar-refractivity contribution in [3.63, 3.8) is 0 Å². The molecule has 5 nitrogen and oxygen atoms in total. The lowest BCUT2D eigenvalue weighted by atomic mass is 9.85. The van der Waals surface area contributed by atoms with Crippen molar-refractivity contribution in [1.29, 1.82) is 0 Å². The molecule has 3 heterocycles. The first-order chi connectivity index (χ1) is 14.2. The van der Waals surface area contributed by atoms with Gasteiger partial charge >= 0.3 is 0 Å². The molecular weight excluding hydrogens is 360 g/mol. The molecule has 1 N–H and O–H groups in total. The molecule has 2 aromatic heterocycles. The van der Waals surface area contributed by atoms with Crippen LogP contribution in [0.1, 0.15) is 38.3 Å². The molecule has 29 heavy (non-hydrogen) atoms. The Kier molecular flexibility index (Phi) is 4.23. The summed E-state index contributed by atoms with van der Waals surface area (Å²) in [5.74, 6) is 1.56. The fraction of sp³-hybridized carbons (Fsp3) is 0.250. The van der Waals surface area contributed by atoms with E-state index in [0.29, 0.717) is 5.89 Å². The molecule has 5 heteroatoms. The maximum absolute atomic E-state index is 5.87. The summed E-state index contributed by atoms with van der Waals surface area (Å²) in [6.45, 7) is 4.49. The van der Waals surface area contributed by atoms with Gasteiger partial charge in [-0.3, -0.25) is 0 Å². The van der Waals surface area contributed by atoms with E-state index in [2.05, 4.69) is 54.2 Å². The highest BCUT2D eigenvalue weighted by molar-refractivity contribution is 5.72. The Morgan fingerprint density at radius 1 is 1.10 bits per heavy atom. The first-order valence-corrected chi connectivity index (χ1v) is 10.1. The average molecular weight is 384 g/mol. The number of hydrogen-bond acceptors (Lipinski definition) is 4. The molecule has 1 aliphatic rings. The van der Waals surface area contributed by atoms with Gasteiger partial charge in [0.1, 0.15) is 17.8 Å². The van der Waals surface area contributed by atoms with E-state index in [1.165, 1.54) is 5.56 Å². The minimum absolute atomic E-state index is 0.0752. The van der Waals surface area contributed by atoms with E-state index < -0.39 is 0 Å². The molecule has 2 atom stereocenters. The molecule has 0 aliphatic carbocycles. The lowest BCUT2D eigenvalue weighted by Gasteiger charge is -2.40. The zero-order valence-electron chi connectivity index (χ0n) is 16.7. The van der Waals surface area contributed by atoms with Gasteiger partial charge in [0, 0.05) is 5.56 Å². The molecule has 2 unspecified atom stereocenters. The molecular formula is C24H24N4O. The van der Waals surface area contributed by atoms with E-state index >= 15 is 0 Å². The summed E-state index contributed by atoms with van der Waals surface area (Å²) in [5, 5.41) is 8.42. The van der Waals surface area contributed by atoms with E-state index in [9.17, 15) is 0 Å². The molecule has 0 spiro atoms. The lowest BCUT2D eigenvalue weighted by molar-refractivity contribution is 0.227. The van der Waals surface area contributed by atoms with Crippen LogP contribution in [-0.4, -0.2) is 14.8 Å². The number of nitrogens with zero attached hydrogens (tertiary/aromatic N) is 3. The quantitative estimate of drug-likeness (QED) is 0.477. The molecule has 0 bridgehead atoms. The van der Waals surface area contributed by atoms with Crippen LogP contribution in [0.5, 0.6) is 0 Å². The molecule has 2 aromatic carbocycles. The van der Waals surface area contributed by atoms with Crippen LogP contribution in [0.4, 0.5) is 5.82 Å². The van der Waals surface area contributed by atoms with Gasteiger partial charge in [0.05, 0.1) is 23.3 Å². The molecule has 0 fully saturated rings. The predicted octanol–water partition coefficient (Wildman–Crippen LogP) is 5.89. The van der Waals surface area contributed by atoms with Crippen LogP contribution >= 0.6 is 0 Å². The Hall–Kier alpha value is -3.34. The van der Waals surface area contributed by atoms with Gasteiger partial charge < -0.3 is 9.73 Å². The number of nitrogens with one attached hydrogen (secondary N) is 1.